The minimum absolute atomic E-state index is 0.0711. The van der Waals surface area contributed by atoms with Crippen molar-refractivity contribution in [2.24, 2.45) is 0 Å². The van der Waals surface area contributed by atoms with Crippen LogP contribution in [0.5, 0.6) is 0 Å². The first-order valence-corrected chi connectivity index (χ1v) is 10.8. The van der Waals surface area contributed by atoms with Gasteiger partial charge in [-0.15, -0.1) is 0 Å². The van der Waals surface area contributed by atoms with Crippen molar-refractivity contribution >= 4 is 22.0 Å². The Labute approximate surface area is 185 Å². The van der Waals surface area contributed by atoms with Crippen molar-refractivity contribution in [2.45, 2.75) is 19.3 Å². The summed E-state index contributed by atoms with van der Waals surface area (Å²) in [7, 11) is 0. The second kappa shape index (κ2) is 9.19. The Morgan fingerprint density at radius 1 is 1.03 bits per heavy atom. The average molecular weight is 460 g/mol. The number of aryl methyl sites for hydroxylation is 1. The third-order valence-corrected chi connectivity index (χ3v) is 5.87. The molecule has 3 nitrogen and oxygen atoms in total. The molecule has 0 saturated carbocycles. The first-order chi connectivity index (χ1) is 14.6. The van der Waals surface area contributed by atoms with E-state index in [0.717, 1.165) is 10.0 Å². The SMILES string of the molecule is Cc1ccc(C#CCCNC(=O)OCC2c3ccccc3-c3ccccc32)c(Br)c1. The zero-order chi connectivity index (χ0) is 20.9. The number of hydrogen-bond donors (Lipinski definition) is 1. The van der Waals surface area contributed by atoms with Crippen LogP contribution >= 0.6 is 15.9 Å². The summed E-state index contributed by atoms with van der Waals surface area (Å²) in [5.41, 5.74) is 6.99. The highest BCUT2D eigenvalue weighted by molar-refractivity contribution is 9.10. The van der Waals surface area contributed by atoms with E-state index >= 15 is 0 Å². The Bertz CT molecular complexity index is 1100. The van der Waals surface area contributed by atoms with Gasteiger partial charge >= 0.3 is 6.09 Å². The lowest BCUT2D eigenvalue weighted by Crippen LogP contribution is -2.26. The van der Waals surface area contributed by atoms with E-state index in [1.54, 1.807) is 0 Å². The van der Waals surface area contributed by atoms with Gasteiger partial charge in [0.1, 0.15) is 6.61 Å². The molecule has 30 heavy (non-hydrogen) atoms. The number of rotatable bonds is 4. The fraction of sp³-hybridized carbons (Fsp3) is 0.192. The summed E-state index contributed by atoms with van der Waals surface area (Å²) in [6.45, 7) is 2.81. The molecule has 150 valence electrons. The van der Waals surface area contributed by atoms with E-state index in [0.29, 0.717) is 19.6 Å². The maximum absolute atomic E-state index is 12.2. The molecule has 0 saturated heterocycles. The molecule has 1 N–H and O–H groups in total. The van der Waals surface area contributed by atoms with Crippen LogP contribution in [0.4, 0.5) is 4.79 Å². The third kappa shape index (κ3) is 4.42. The van der Waals surface area contributed by atoms with E-state index in [4.69, 9.17) is 4.74 Å². The van der Waals surface area contributed by atoms with Gasteiger partial charge in [-0.2, -0.15) is 0 Å². The fourth-order valence-electron chi connectivity index (χ4n) is 3.76. The van der Waals surface area contributed by atoms with Crippen LogP contribution in [0.1, 0.15) is 34.6 Å². The van der Waals surface area contributed by atoms with Crippen molar-refractivity contribution in [1.82, 2.24) is 5.32 Å². The van der Waals surface area contributed by atoms with Gasteiger partial charge < -0.3 is 10.1 Å². The molecular weight excluding hydrogens is 438 g/mol. The lowest BCUT2D eigenvalue weighted by Gasteiger charge is -2.14. The topological polar surface area (TPSA) is 38.3 Å². The number of ether oxygens (including phenoxy) is 1. The van der Waals surface area contributed by atoms with E-state index in [2.05, 4.69) is 57.4 Å². The minimum atomic E-state index is -0.407. The van der Waals surface area contributed by atoms with E-state index in [-0.39, 0.29) is 5.92 Å². The molecule has 4 rings (SSSR count). The Morgan fingerprint density at radius 2 is 1.70 bits per heavy atom. The van der Waals surface area contributed by atoms with E-state index in [1.165, 1.54) is 27.8 Å². The molecular formula is C26H22BrNO2. The number of nitrogens with one attached hydrogen (secondary N) is 1. The summed E-state index contributed by atoms with van der Waals surface area (Å²) in [5, 5.41) is 2.79. The van der Waals surface area contributed by atoms with E-state index in [1.807, 2.05) is 49.4 Å². The fourth-order valence-corrected chi connectivity index (χ4v) is 4.35. The summed E-state index contributed by atoms with van der Waals surface area (Å²) >= 11 is 3.52. The number of benzene rings is 3. The van der Waals surface area contributed by atoms with Crippen LogP contribution in [0.15, 0.2) is 71.2 Å². The molecule has 0 atom stereocenters. The van der Waals surface area contributed by atoms with Crippen molar-refractivity contribution in [3.8, 4) is 23.0 Å². The summed E-state index contributed by atoms with van der Waals surface area (Å²) in [6.07, 6.45) is 0.153. The van der Waals surface area contributed by atoms with Crippen molar-refractivity contribution in [1.29, 1.82) is 0 Å². The van der Waals surface area contributed by atoms with Gasteiger partial charge in [-0.3, -0.25) is 0 Å². The van der Waals surface area contributed by atoms with Crippen LogP contribution in [0.3, 0.4) is 0 Å². The molecule has 0 radical (unpaired) electrons. The molecule has 0 fully saturated rings. The predicted octanol–water partition coefficient (Wildman–Crippen LogP) is 6.04. The molecule has 3 aromatic carbocycles. The zero-order valence-electron chi connectivity index (χ0n) is 16.7. The summed E-state index contributed by atoms with van der Waals surface area (Å²) < 4.78 is 6.52. The molecule has 0 heterocycles. The van der Waals surface area contributed by atoms with Crippen molar-refractivity contribution in [3.63, 3.8) is 0 Å². The van der Waals surface area contributed by atoms with Crippen LogP contribution in [-0.4, -0.2) is 19.2 Å². The molecule has 3 aromatic rings. The smallest absolute Gasteiger partial charge is 0.407 e. The Balaban J connectivity index is 1.29. The second-order valence-electron chi connectivity index (χ2n) is 7.29. The lowest BCUT2D eigenvalue weighted by atomic mass is 9.98. The molecule has 0 spiro atoms. The second-order valence-corrected chi connectivity index (χ2v) is 8.14. The summed E-state index contributed by atoms with van der Waals surface area (Å²) in [4.78, 5) is 12.2. The van der Waals surface area contributed by atoms with Gasteiger partial charge in [0, 0.05) is 28.9 Å². The molecule has 1 amide bonds. The summed E-state index contributed by atoms with van der Waals surface area (Å²) in [5.74, 6) is 6.29. The Hall–Kier alpha value is -3.03. The Morgan fingerprint density at radius 3 is 2.37 bits per heavy atom. The van der Waals surface area contributed by atoms with Crippen LogP contribution in [0, 0.1) is 18.8 Å². The standard InChI is InChI=1S/C26H22BrNO2/c1-18-13-14-19(25(27)16-18)8-6-7-15-28-26(29)30-17-24-22-11-4-2-9-20(22)21-10-3-5-12-23(21)24/h2-5,9-14,16,24H,7,15,17H2,1H3,(H,28,29). The molecule has 0 bridgehead atoms. The van der Waals surface area contributed by atoms with E-state index < -0.39 is 6.09 Å². The summed E-state index contributed by atoms with van der Waals surface area (Å²) in [6, 6.07) is 22.7. The molecule has 1 aliphatic carbocycles. The van der Waals surface area contributed by atoms with Crippen molar-refractivity contribution < 1.29 is 9.53 Å². The Kier molecular flexibility index (Phi) is 6.21. The monoisotopic (exact) mass is 459 g/mol. The molecule has 4 heteroatoms. The van der Waals surface area contributed by atoms with Crippen LogP contribution in [0.2, 0.25) is 0 Å². The average Bonchev–Trinajstić information content (AvgIpc) is 3.07. The van der Waals surface area contributed by atoms with Crippen molar-refractivity contribution in [2.75, 3.05) is 13.2 Å². The highest BCUT2D eigenvalue weighted by Crippen LogP contribution is 2.44. The van der Waals surface area contributed by atoms with Crippen LogP contribution < -0.4 is 5.32 Å². The van der Waals surface area contributed by atoms with Gasteiger partial charge in [0.05, 0.1) is 0 Å². The van der Waals surface area contributed by atoms with E-state index in [9.17, 15) is 4.79 Å². The highest BCUT2D eigenvalue weighted by Gasteiger charge is 2.28. The molecule has 1 aliphatic rings. The lowest BCUT2D eigenvalue weighted by molar-refractivity contribution is 0.143. The van der Waals surface area contributed by atoms with Gasteiger partial charge in [0.15, 0.2) is 0 Å². The molecule has 0 aromatic heterocycles. The van der Waals surface area contributed by atoms with Crippen molar-refractivity contribution in [3.05, 3.63) is 93.5 Å². The number of fused-ring (bicyclic) bond motifs is 3. The largest absolute Gasteiger partial charge is 0.449 e. The van der Waals surface area contributed by atoms with Gasteiger partial charge in [-0.1, -0.05) is 66.4 Å². The zero-order valence-corrected chi connectivity index (χ0v) is 18.3. The van der Waals surface area contributed by atoms with Crippen LogP contribution in [-0.2, 0) is 4.74 Å². The van der Waals surface area contributed by atoms with Gasteiger partial charge in [0.25, 0.3) is 0 Å². The number of amides is 1. The quantitative estimate of drug-likeness (QED) is 0.381. The third-order valence-electron chi connectivity index (χ3n) is 5.21. The van der Waals surface area contributed by atoms with Crippen LogP contribution in [0.25, 0.3) is 11.1 Å². The van der Waals surface area contributed by atoms with Gasteiger partial charge in [-0.25, -0.2) is 4.79 Å². The highest BCUT2D eigenvalue weighted by atomic mass is 79.9. The maximum atomic E-state index is 12.2. The number of carbonyl (C=O) groups excluding carboxylic acids is 1. The van der Waals surface area contributed by atoms with Gasteiger partial charge in [0.2, 0.25) is 0 Å². The minimum Gasteiger partial charge on any atom is -0.449 e. The molecule has 0 aliphatic heterocycles. The number of halogens is 1. The first kappa shape index (κ1) is 20.3. The first-order valence-electron chi connectivity index (χ1n) is 9.97. The predicted molar refractivity (Wildman–Crippen MR) is 123 cm³/mol. The number of hydrogen-bond acceptors (Lipinski definition) is 2. The molecule has 0 unspecified atom stereocenters. The number of carbonyl (C=O) groups is 1. The maximum Gasteiger partial charge on any atom is 0.407 e. The number of alkyl carbamates (subject to hydrolysis) is 1. The van der Waals surface area contributed by atoms with Gasteiger partial charge in [-0.05, 0) is 62.8 Å². The normalized spacial score (nSPS) is 11.8.